The Morgan fingerprint density at radius 1 is 1.38 bits per heavy atom. The van der Waals surface area contributed by atoms with Crippen LogP contribution >= 0.6 is 0 Å². The van der Waals surface area contributed by atoms with Gasteiger partial charge in [-0.3, -0.25) is 0 Å². The molecule has 0 radical (unpaired) electrons. The average Bonchev–Trinajstić information content (AvgIpc) is 2.94. The molecule has 3 fully saturated rings. The van der Waals surface area contributed by atoms with Gasteiger partial charge in [0.05, 0.1) is 12.2 Å². The number of piperidine rings is 1. The van der Waals surface area contributed by atoms with E-state index in [4.69, 9.17) is 10.5 Å². The lowest BCUT2D eigenvalue weighted by atomic mass is 9.62. The van der Waals surface area contributed by atoms with Crippen LogP contribution in [0.5, 0.6) is 0 Å². The van der Waals surface area contributed by atoms with E-state index in [0.29, 0.717) is 19.1 Å². The number of nitrogens with two attached hydrogens (primary N) is 1. The predicted octanol–water partition coefficient (Wildman–Crippen LogP) is -0.192. The fraction of sp³-hybridized carbons (Fsp3) is 1.00. The molecule has 3 saturated heterocycles. The molecule has 4 atom stereocenters. The quantitative estimate of drug-likeness (QED) is 0.685. The Bertz CT molecular complexity index is 278. The minimum atomic E-state index is -0.578. The highest BCUT2D eigenvalue weighted by Crippen LogP contribution is 2.50. The van der Waals surface area contributed by atoms with Crippen molar-refractivity contribution in [1.82, 2.24) is 4.90 Å². The van der Waals surface area contributed by atoms with E-state index in [-0.39, 0.29) is 5.41 Å². The van der Waals surface area contributed by atoms with Gasteiger partial charge < -0.3 is 20.5 Å². The lowest BCUT2D eigenvalue weighted by molar-refractivity contribution is -0.140. The van der Waals surface area contributed by atoms with Crippen LogP contribution < -0.4 is 5.73 Å². The van der Waals surface area contributed by atoms with Crippen molar-refractivity contribution in [2.75, 3.05) is 39.4 Å². The first-order valence-electron chi connectivity index (χ1n) is 6.43. The molecule has 4 nitrogen and oxygen atoms in total. The summed E-state index contributed by atoms with van der Waals surface area (Å²) >= 11 is 0. The second kappa shape index (κ2) is 3.67. The molecule has 0 amide bonds. The van der Waals surface area contributed by atoms with E-state index >= 15 is 0 Å². The maximum atomic E-state index is 11.1. The van der Waals surface area contributed by atoms with Gasteiger partial charge in [-0.05, 0) is 25.8 Å². The summed E-state index contributed by atoms with van der Waals surface area (Å²) in [5.41, 5.74) is 5.21. The second-order valence-corrected chi connectivity index (χ2v) is 5.75. The van der Waals surface area contributed by atoms with Gasteiger partial charge in [0.1, 0.15) is 0 Å². The molecule has 3 N–H and O–H groups in total. The lowest BCUT2D eigenvalue weighted by Crippen LogP contribution is -2.61. The standard InChI is InChI=1S/C12H22N2O2/c13-8-11(3-6-16-9-11)12(15)2-5-14-4-1-10(12)7-14/h10,15H,1-9,13H2. The van der Waals surface area contributed by atoms with E-state index in [2.05, 4.69) is 4.90 Å². The van der Waals surface area contributed by atoms with Crippen molar-refractivity contribution >= 4 is 0 Å². The number of fused-ring (bicyclic) bond motifs is 2. The third kappa shape index (κ3) is 1.30. The molecule has 3 aliphatic heterocycles. The number of hydrogen-bond donors (Lipinski definition) is 2. The van der Waals surface area contributed by atoms with Gasteiger partial charge in [-0.15, -0.1) is 0 Å². The zero-order valence-corrected chi connectivity index (χ0v) is 9.82. The zero-order valence-electron chi connectivity index (χ0n) is 9.82. The first kappa shape index (κ1) is 11.0. The third-order valence-corrected chi connectivity index (χ3v) is 5.17. The molecule has 0 spiro atoms. The van der Waals surface area contributed by atoms with Gasteiger partial charge in [-0.1, -0.05) is 0 Å². The maximum absolute atomic E-state index is 11.1. The number of ether oxygens (including phenoxy) is 1. The summed E-state index contributed by atoms with van der Waals surface area (Å²) in [4.78, 5) is 2.46. The molecule has 4 heteroatoms. The highest BCUT2D eigenvalue weighted by Gasteiger charge is 2.58. The number of rotatable bonds is 2. The monoisotopic (exact) mass is 226 g/mol. The van der Waals surface area contributed by atoms with E-state index in [1.165, 1.54) is 0 Å². The van der Waals surface area contributed by atoms with Crippen LogP contribution in [0.1, 0.15) is 19.3 Å². The fourth-order valence-corrected chi connectivity index (χ4v) is 3.94. The SMILES string of the molecule is NCC1(C2(O)CCN3CCC2C3)CCOC1. The van der Waals surface area contributed by atoms with E-state index in [0.717, 1.165) is 45.5 Å². The summed E-state index contributed by atoms with van der Waals surface area (Å²) in [6, 6.07) is 0. The van der Waals surface area contributed by atoms with Crippen LogP contribution in [-0.2, 0) is 4.74 Å². The Labute approximate surface area is 96.7 Å². The van der Waals surface area contributed by atoms with Gasteiger partial charge in [0, 0.05) is 37.6 Å². The molecule has 0 aromatic rings. The van der Waals surface area contributed by atoms with Gasteiger partial charge in [-0.2, -0.15) is 0 Å². The van der Waals surface area contributed by atoms with Crippen molar-refractivity contribution in [3.63, 3.8) is 0 Å². The predicted molar refractivity (Wildman–Crippen MR) is 61.0 cm³/mol. The van der Waals surface area contributed by atoms with Crippen LogP contribution in [-0.4, -0.2) is 55.0 Å². The first-order valence-corrected chi connectivity index (χ1v) is 6.43. The number of hydrogen-bond acceptors (Lipinski definition) is 4. The Morgan fingerprint density at radius 3 is 2.94 bits per heavy atom. The second-order valence-electron chi connectivity index (χ2n) is 5.75. The minimum Gasteiger partial charge on any atom is -0.389 e. The largest absolute Gasteiger partial charge is 0.389 e. The molecule has 16 heavy (non-hydrogen) atoms. The molecule has 3 rings (SSSR count). The Morgan fingerprint density at radius 2 is 2.25 bits per heavy atom. The van der Waals surface area contributed by atoms with Gasteiger partial charge >= 0.3 is 0 Å². The van der Waals surface area contributed by atoms with Gasteiger partial charge in [0.2, 0.25) is 0 Å². The maximum Gasteiger partial charge on any atom is 0.0791 e. The van der Waals surface area contributed by atoms with E-state index in [1.54, 1.807) is 0 Å². The van der Waals surface area contributed by atoms with Gasteiger partial charge in [0.15, 0.2) is 0 Å². The molecule has 0 aromatic carbocycles. The van der Waals surface area contributed by atoms with E-state index in [1.807, 2.05) is 0 Å². The molecular weight excluding hydrogens is 204 g/mol. The normalized spacial score (nSPS) is 52.1. The van der Waals surface area contributed by atoms with Crippen molar-refractivity contribution in [1.29, 1.82) is 0 Å². The average molecular weight is 226 g/mol. The fourth-order valence-electron chi connectivity index (χ4n) is 3.94. The highest BCUT2D eigenvalue weighted by molar-refractivity contribution is 5.09. The minimum absolute atomic E-state index is 0.173. The molecular formula is C12H22N2O2. The van der Waals surface area contributed by atoms with Crippen LogP contribution in [0, 0.1) is 11.3 Å². The van der Waals surface area contributed by atoms with Gasteiger partial charge in [-0.25, -0.2) is 0 Å². The van der Waals surface area contributed by atoms with Crippen molar-refractivity contribution in [2.24, 2.45) is 17.1 Å². The Kier molecular flexibility index (Phi) is 2.51. The summed E-state index contributed by atoms with van der Waals surface area (Å²) in [6.07, 6.45) is 2.92. The van der Waals surface area contributed by atoms with Gasteiger partial charge in [0.25, 0.3) is 0 Å². The smallest absolute Gasteiger partial charge is 0.0791 e. The van der Waals surface area contributed by atoms with Crippen molar-refractivity contribution in [2.45, 2.75) is 24.9 Å². The van der Waals surface area contributed by atoms with Crippen LogP contribution in [0.15, 0.2) is 0 Å². The van der Waals surface area contributed by atoms with Crippen molar-refractivity contribution in [3.05, 3.63) is 0 Å². The van der Waals surface area contributed by atoms with E-state index in [9.17, 15) is 5.11 Å². The number of nitrogens with zero attached hydrogens (tertiary/aromatic N) is 1. The van der Waals surface area contributed by atoms with Crippen molar-refractivity contribution < 1.29 is 9.84 Å². The summed E-state index contributed by atoms with van der Waals surface area (Å²) in [7, 11) is 0. The lowest BCUT2D eigenvalue weighted by Gasteiger charge is -2.50. The van der Waals surface area contributed by atoms with Crippen LogP contribution in [0.25, 0.3) is 0 Å². The molecule has 4 unspecified atom stereocenters. The third-order valence-electron chi connectivity index (χ3n) is 5.17. The van der Waals surface area contributed by atoms with E-state index < -0.39 is 5.60 Å². The number of aliphatic hydroxyl groups is 1. The molecule has 3 heterocycles. The molecule has 92 valence electrons. The van der Waals surface area contributed by atoms with Crippen LogP contribution in [0.2, 0.25) is 0 Å². The molecule has 0 saturated carbocycles. The summed E-state index contributed by atoms with van der Waals surface area (Å²) in [5, 5.41) is 11.1. The van der Waals surface area contributed by atoms with Crippen LogP contribution in [0.3, 0.4) is 0 Å². The Hall–Kier alpha value is -0.160. The van der Waals surface area contributed by atoms with Crippen LogP contribution in [0.4, 0.5) is 0 Å². The molecule has 2 bridgehead atoms. The highest BCUT2D eigenvalue weighted by atomic mass is 16.5. The Balaban J connectivity index is 1.90. The van der Waals surface area contributed by atoms with Crippen molar-refractivity contribution in [3.8, 4) is 0 Å². The molecule has 0 aliphatic carbocycles. The topological polar surface area (TPSA) is 58.7 Å². The summed E-state index contributed by atoms with van der Waals surface area (Å²) in [5.74, 6) is 0.409. The first-order chi connectivity index (χ1) is 7.70. The zero-order chi connectivity index (χ0) is 11.2. The molecule has 0 aromatic heterocycles. The summed E-state index contributed by atoms with van der Waals surface area (Å²) < 4.78 is 5.52. The summed E-state index contributed by atoms with van der Waals surface area (Å²) in [6.45, 7) is 5.19. The molecule has 3 aliphatic rings.